The molecule has 0 aromatic rings. The lowest BCUT2D eigenvalue weighted by Crippen LogP contribution is -2.27. The van der Waals surface area contributed by atoms with Crippen molar-refractivity contribution in [2.45, 2.75) is 31.7 Å². The van der Waals surface area contributed by atoms with Gasteiger partial charge < -0.3 is 8.92 Å². The van der Waals surface area contributed by atoms with Crippen LogP contribution in [-0.2, 0) is 23.8 Å². The summed E-state index contributed by atoms with van der Waals surface area (Å²) in [6.45, 7) is 1.75. The molecule has 0 aromatic heterocycles. The third-order valence-electron chi connectivity index (χ3n) is 2.45. The number of hydrogen-bond donors (Lipinski definition) is 0. The molecular weight excluding hydrogens is 289 g/mol. The summed E-state index contributed by atoms with van der Waals surface area (Å²) in [5, 5.41) is 0. The molecule has 0 bridgehead atoms. The zero-order chi connectivity index (χ0) is 14.7. The summed E-state index contributed by atoms with van der Waals surface area (Å²) >= 11 is 0. The predicted octanol–water partition coefficient (Wildman–Crippen LogP) is 2.10. The van der Waals surface area contributed by atoms with Gasteiger partial charge in [0.05, 0.1) is 12.5 Å². The van der Waals surface area contributed by atoms with E-state index in [1.165, 1.54) is 6.08 Å². The first-order chi connectivity index (χ1) is 8.67. The number of carbonyl (C=O) groups excluding carboxylic acids is 1. The van der Waals surface area contributed by atoms with Crippen LogP contribution in [0, 0.1) is 5.92 Å². The van der Waals surface area contributed by atoms with Gasteiger partial charge in [-0.05, 0) is 25.8 Å². The summed E-state index contributed by atoms with van der Waals surface area (Å²) < 4.78 is 66.8. The Morgan fingerprint density at radius 3 is 2.63 bits per heavy atom. The monoisotopic (exact) mass is 302 g/mol. The zero-order valence-electron chi connectivity index (χ0n) is 10.1. The Bertz CT molecular complexity index is 466. The summed E-state index contributed by atoms with van der Waals surface area (Å²) in [4.78, 5) is 11.4. The van der Waals surface area contributed by atoms with Crippen LogP contribution < -0.4 is 0 Å². The van der Waals surface area contributed by atoms with Crippen molar-refractivity contribution < 1.29 is 35.3 Å². The van der Waals surface area contributed by atoms with Crippen LogP contribution in [0.1, 0.15) is 26.2 Å². The van der Waals surface area contributed by atoms with E-state index in [1.807, 2.05) is 0 Å². The van der Waals surface area contributed by atoms with Crippen LogP contribution in [0.5, 0.6) is 0 Å². The van der Waals surface area contributed by atoms with Gasteiger partial charge in [0.1, 0.15) is 5.76 Å². The lowest BCUT2D eigenvalue weighted by atomic mass is 9.93. The van der Waals surface area contributed by atoms with Gasteiger partial charge in [0.15, 0.2) is 0 Å². The highest BCUT2D eigenvalue weighted by Crippen LogP contribution is 2.32. The third kappa shape index (κ3) is 4.12. The van der Waals surface area contributed by atoms with E-state index in [2.05, 4.69) is 4.18 Å². The molecule has 1 unspecified atom stereocenters. The number of ether oxygens (including phenoxy) is 1. The number of rotatable bonds is 4. The van der Waals surface area contributed by atoms with E-state index < -0.39 is 27.5 Å². The van der Waals surface area contributed by atoms with Gasteiger partial charge in [0.2, 0.25) is 0 Å². The van der Waals surface area contributed by atoms with Gasteiger partial charge in [-0.15, -0.1) is 0 Å². The molecule has 0 saturated heterocycles. The maximum atomic E-state index is 12.1. The SMILES string of the molecule is CCOC(=O)C1CCC=C(OS(=O)(=O)C(F)(F)F)C1. The highest BCUT2D eigenvalue weighted by Gasteiger charge is 2.49. The fourth-order valence-electron chi connectivity index (χ4n) is 1.59. The van der Waals surface area contributed by atoms with Gasteiger partial charge in [0, 0.05) is 6.42 Å². The summed E-state index contributed by atoms with van der Waals surface area (Å²) in [5.74, 6) is -1.62. The van der Waals surface area contributed by atoms with Gasteiger partial charge in [-0.1, -0.05) is 0 Å². The molecule has 0 N–H and O–H groups in total. The second kappa shape index (κ2) is 5.81. The molecule has 0 aromatic carbocycles. The Kier molecular flexibility index (Phi) is 4.83. The molecule has 9 heteroatoms. The molecule has 0 amide bonds. The number of hydrogen-bond acceptors (Lipinski definition) is 5. The van der Waals surface area contributed by atoms with Crippen LogP contribution in [0.3, 0.4) is 0 Å². The van der Waals surface area contributed by atoms with Crippen molar-refractivity contribution in [2.75, 3.05) is 6.61 Å². The van der Waals surface area contributed by atoms with E-state index in [1.54, 1.807) is 6.92 Å². The highest BCUT2D eigenvalue weighted by molar-refractivity contribution is 7.87. The molecule has 0 saturated carbocycles. The molecule has 5 nitrogen and oxygen atoms in total. The fourth-order valence-corrected chi connectivity index (χ4v) is 2.10. The highest BCUT2D eigenvalue weighted by atomic mass is 32.2. The maximum Gasteiger partial charge on any atom is 0.534 e. The lowest BCUT2D eigenvalue weighted by Gasteiger charge is -2.21. The van der Waals surface area contributed by atoms with E-state index >= 15 is 0 Å². The topological polar surface area (TPSA) is 69.7 Å². The Labute approximate surface area is 108 Å². The zero-order valence-corrected chi connectivity index (χ0v) is 10.9. The van der Waals surface area contributed by atoms with Gasteiger partial charge >= 0.3 is 21.6 Å². The van der Waals surface area contributed by atoms with Crippen molar-refractivity contribution >= 4 is 16.1 Å². The minimum atomic E-state index is -5.68. The van der Waals surface area contributed by atoms with Crippen molar-refractivity contribution in [2.24, 2.45) is 5.92 Å². The van der Waals surface area contributed by atoms with Crippen molar-refractivity contribution in [3.63, 3.8) is 0 Å². The van der Waals surface area contributed by atoms with Gasteiger partial charge in [-0.3, -0.25) is 4.79 Å². The summed E-state index contributed by atoms with van der Waals surface area (Å²) in [6, 6.07) is 0. The van der Waals surface area contributed by atoms with Crippen LogP contribution in [0.25, 0.3) is 0 Å². The number of esters is 1. The first kappa shape index (κ1) is 15.8. The second-order valence-electron chi connectivity index (χ2n) is 3.88. The lowest BCUT2D eigenvalue weighted by molar-refractivity contribution is -0.148. The molecule has 0 fully saturated rings. The molecular formula is C10H13F3O5S. The van der Waals surface area contributed by atoms with Gasteiger partial charge in [0.25, 0.3) is 0 Å². The molecule has 1 aliphatic carbocycles. The van der Waals surface area contributed by atoms with Crippen molar-refractivity contribution in [1.82, 2.24) is 0 Å². The van der Waals surface area contributed by atoms with E-state index in [4.69, 9.17) is 4.74 Å². The van der Waals surface area contributed by atoms with Crippen LogP contribution >= 0.6 is 0 Å². The largest absolute Gasteiger partial charge is 0.534 e. The van der Waals surface area contributed by atoms with Crippen molar-refractivity contribution in [3.8, 4) is 0 Å². The Hall–Kier alpha value is -1.25. The Balaban J connectivity index is 2.72. The normalized spacial score (nSPS) is 20.6. The number of halogens is 3. The molecule has 110 valence electrons. The van der Waals surface area contributed by atoms with E-state index in [-0.39, 0.29) is 25.2 Å². The molecule has 1 aliphatic rings. The minimum absolute atomic E-state index is 0.149. The van der Waals surface area contributed by atoms with E-state index in [0.717, 1.165) is 0 Å². The Morgan fingerprint density at radius 2 is 2.11 bits per heavy atom. The van der Waals surface area contributed by atoms with E-state index in [9.17, 15) is 26.4 Å². The van der Waals surface area contributed by atoms with Crippen LogP contribution in [0.15, 0.2) is 11.8 Å². The number of alkyl halides is 3. The molecule has 0 spiro atoms. The molecule has 0 aliphatic heterocycles. The average molecular weight is 302 g/mol. The third-order valence-corrected chi connectivity index (χ3v) is 3.46. The first-order valence-corrected chi connectivity index (χ1v) is 6.94. The number of allylic oxidation sites excluding steroid dienone is 2. The van der Waals surface area contributed by atoms with Crippen LogP contribution in [0.2, 0.25) is 0 Å². The minimum Gasteiger partial charge on any atom is -0.466 e. The van der Waals surface area contributed by atoms with Crippen molar-refractivity contribution in [3.05, 3.63) is 11.8 Å². The second-order valence-corrected chi connectivity index (χ2v) is 5.42. The maximum absolute atomic E-state index is 12.1. The van der Waals surface area contributed by atoms with Gasteiger partial charge in [-0.2, -0.15) is 21.6 Å². The summed E-state index contributed by atoms with van der Waals surface area (Å²) in [6.07, 6.45) is 1.66. The van der Waals surface area contributed by atoms with Crippen molar-refractivity contribution in [1.29, 1.82) is 0 Å². The molecule has 19 heavy (non-hydrogen) atoms. The van der Waals surface area contributed by atoms with Gasteiger partial charge in [-0.25, -0.2) is 0 Å². The molecule has 1 rings (SSSR count). The molecule has 0 radical (unpaired) electrons. The quantitative estimate of drug-likeness (QED) is 0.452. The van der Waals surface area contributed by atoms with Crippen LogP contribution in [0.4, 0.5) is 13.2 Å². The van der Waals surface area contributed by atoms with E-state index in [0.29, 0.717) is 6.42 Å². The predicted molar refractivity (Wildman–Crippen MR) is 58.1 cm³/mol. The smallest absolute Gasteiger partial charge is 0.466 e. The fraction of sp³-hybridized carbons (Fsp3) is 0.700. The average Bonchev–Trinajstić information content (AvgIpc) is 2.27. The summed E-state index contributed by atoms with van der Waals surface area (Å²) in [5.41, 5.74) is -5.48. The van der Waals surface area contributed by atoms with Crippen LogP contribution in [-0.4, -0.2) is 26.5 Å². The molecule has 1 atom stereocenters. The number of carbonyl (C=O) groups is 1. The molecule has 0 heterocycles. The Morgan fingerprint density at radius 1 is 1.47 bits per heavy atom. The first-order valence-electron chi connectivity index (χ1n) is 5.53. The standard InChI is InChI=1S/C10H13F3O5S/c1-2-17-9(14)7-4-3-5-8(6-7)18-19(15,16)10(11,12)13/h5,7H,2-4,6H2,1H3. The summed E-state index contributed by atoms with van der Waals surface area (Å²) in [7, 11) is -5.68.